The number of para-hydroxylation sites is 1. The standard InChI is InChI=1S/C24H13N5O5/c30-22-19(9-4-10-20(22)28-25-16-7-1-2-8-17(16)26-28)27-23(31)14-6-3-5-13-18(29(33)34)12-11-15(21(13)14)24(27)32/h1-12,30H. The number of aromatic nitrogens is 3. The number of nitrogens with zero attached hydrogens (tertiary/aromatic N) is 5. The number of aromatic hydroxyl groups is 1. The minimum absolute atomic E-state index is 0.0464. The summed E-state index contributed by atoms with van der Waals surface area (Å²) in [5.74, 6) is -1.76. The topological polar surface area (TPSA) is 131 Å². The fraction of sp³-hybridized carbons (Fsp3) is 0. The van der Waals surface area contributed by atoms with Crippen LogP contribution in [0.2, 0.25) is 0 Å². The maximum Gasteiger partial charge on any atom is 0.277 e. The van der Waals surface area contributed by atoms with Crippen molar-refractivity contribution in [3.63, 3.8) is 0 Å². The highest BCUT2D eigenvalue weighted by Crippen LogP contribution is 2.40. The number of rotatable bonds is 3. The normalized spacial score (nSPS) is 13.1. The Morgan fingerprint density at radius 2 is 1.38 bits per heavy atom. The van der Waals surface area contributed by atoms with Gasteiger partial charge in [0.05, 0.1) is 16.0 Å². The smallest absolute Gasteiger partial charge is 0.277 e. The largest absolute Gasteiger partial charge is 0.504 e. The van der Waals surface area contributed by atoms with Gasteiger partial charge in [0.15, 0.2) is 5.75 Å². The van der Waals surface area contributed by atoms with E-state index in [1.165, 1.54) is 41.2 Å². The fourth-order valence-corrected chi connectivity index (χ4v) is 4.29. The quantitative estimate of drug-likeness (QED) is 0.249. The molecule has 10 nitrogen and oxygen atoms in total. The number of amides is 2. The summed E-state index contributed by atoms with van der Waals surface area (Å²) >= 11 is 0. The molecule has 0 atom stereocenters. The molecule has 1 aliphatic heterocycles. The highest BCUT2D eigenvalue weighted by Gasteiger charge is 2.37. The molecule has 10 heteroatoms. The average molecular weight is 451 g/mol. The summed E-state index contributed by atoms with van der Waals surface area (Å²) < 4.78 is 0. The minimum atomic E-state index is -0.699. The van der Waals surface area contributed by atoms with Gasteiger partial charge in [-0.15, -0.1) is 15.0 Å². The molecule has 1 N–H and O–H groups in total. The first-order chi connectivity index (χ1) is 16.5. The lowest BCUT2D eigenvalue weighted by atomic mass is 9.92. The molecule has 0 aliphatic carbocycles. The zero-order chi connectivity index (χ0) is 23.6. The Bertz CT molecular complexity index is 1650. The summed E-state index contributed by atoms with van der Waals surface area (Å²) in [5, 5.41) is 31.7. The van der Waals surface area contributed by atoms with Gasteiger partial charge in [0.25, 0.3) is 17.5 Å². The van der Waals surface area contributed by atoms with Crippen LogP contribution in [-0.4, -0.2) is 36.8 Å². The van der Waals surface area contributed by atoms with E-state index in [1.807, 2.05) is 12.1 Å². The number of fused-ring (bicyclic) bond motifs is 1. The van der Waals surface area contributed by atoms with Gasteiger partial charge in [0, 0.05) is 22.6 Å². The van der Waals surface area contributed by atoms with Gasteiger partial charge in [0.2, 0.25) is 0 Å². The van der Waals surface area contributed by atoms with Crippen LogP contribution in [0.3, 0.4) is 0 Å². The van der Waals surface area contributed by atoms with Crippen molar-refractivity contribution >= 4 is 45.0 Å². The first-order valence-electron chi connectivity index (χ1n) is 10.2. The van der Waals surface area contributed by atoms with E-state index in [1.54, 1.807) is 24.3 Å². The number of hydrogen-bond donors (Lipinski definition) is 1. The van der Waals surface area contributed by atoms with Crippen LogP contribution in [0.5, 0.6) is 5.75 Å². The van der Waals surface area contributed by atoms with Crippen molar-refractivity contribution < 1.29 is 19.6 Å². The molecule has 2 heterocycles. The Labute approximate surface area is 190 Å². The molecule has 0 unspecified atom stereocenters. The Hall–Kier alpha value is -5.12. The molecule has 5 aromatic rings. The second-order valence-corrected chi connectivity index (χ2v) is 7.69. The number of nitro groups is 1. The molecule has 6 rings (SSSR count). The Balaban J connectivity index is 1.53. The van der Waals surface area contributed by atoms with Gasteiger partial charge in [-0.2, -0.15) is 0 Å². The molecule has 0 spiro atoms. The van der Waals surface area contributed by atoms with E-state index in [-0.39, 0.29) is 44.7 Å². The molecule has 0 saturated carbocycles. The number of carbonyl (C=O) groups is 2. The van der Waals surface area contributed by atoms with Crippen molar-refractivity contribution in [3.8, 4) is 11.4 Å². The van der Waals surface area contributed by atoms with E-state index in [2.05, 4.69) is 10.2 Å². The SMILES string of the molecule is O=C1c2cccc3c([N+](=O)[O-])ccc(c23)C(=O)N1c1cccc(-n2nc3ccccc3n2)c1O. The first-order valence-corrected chi connectivity index (χ1v) is 10.2. The van der Waals surface area contributed by atoms with Crippen molar-refractivity contribution in [1.82, 2.24) is 15.0 Å². The number of non-ortho nitro benzene ring substituents is 1. The van der Waals surface area contributed by atoms with Crippen LogP contribution in [0.25, 0.3) is 27.5 Å². The third kappa shape index (κ3) is 2.62. The molecule has 0 fully saturated rings. The van der Waals surface area contributed by atoms with Crippen LogP contribution < -0.4 is 4.90 Å². The number of nitro benzene ring substituents is 1. The molecular weight excluding hydrogens is 438 g/mol. The molecule has 2 amide bonds. The fourth-order valence-electron chi connectivity index (χ4n) is 4.29. The third-order valence-corrected chi connectivity index (χ3v) is 5.82. The number of phenolic OH excluding ortho intramolecular Hbond substituents is 1. The highest BCUT2D eigenvalue weighted by molar-refractivity contribution is 6.36. The number of anilines is 1. The summed E-state index contributed by atoms with van der Waals surface area (Å²) in [6.07, 6.45) is 0. The zero-order valence-electron chi connectivity index (χ0n) is 17.2. The van der Waals surface area contributed by atoms with E-state index < -0.39 is 16.7 Å². The van der Waals surface area contributed by atoms with Crippen LogP contribution in [0, 0.1) is 10.1 Å². The number of carbonyl (C=O) groups excluding carboxylic acids is 2. The van der Waals surface area contributed by atoms with Gasteiger partial charge in [0.1, 0.15) is 16.7 Å². The van der Waals surface area contributed by atoms with Crippen molar-refractivity contribution in [3.05, 3.63) is 94.0 Å². The van der Waals surface area contributed by atoms with Crippen LogP contribution in [0.1, 0.15) is 20.7 Å². The van der Waals surface area contributed by atoms with Crippen LogP contribution in [-0.2, 0) is 0 Å². The van der Waals surface area contributed by atoms with Gasteiger partial charge < -0.3 is 5.11 Å². The summed E-state index contributed by atoms with van der Waals surface area (Å²) in [5.41, 5.74) is 1.42. The van der Waals surface area contributed by atoms with Crippen molar-refractivity contribution in [1.29, 1.82) is 0 Å². The number of phenols is 1. The van der Waals surface area contributed by atoms with Crippen LogP contribution in [0.15, 0.2) is 72.8 Å². The lowest BCUT2D eigenvalue weighted by Crippen LogP contribution is -2.40. The molecule has 1 aromatic heterocycles. The molecular formula is C24H13N5O5. The van der Waals surface area contributed by atoms with Crippen LogP contribution >= 0.6 is 0 Å². The summed E-state index contributed by atoms with van der Waals surface area (Å²) in [4.78, 5) is 39.8. The molecule has 0 radical (unpaired) electrons. The number of hydrogen-bond acceptors (Lipinski definition) is 7. The van der Waals surface area contributed by atoms with Gasteiger partial charge >= 0.3 is 0 Å². The maximum atomic E-state index is 13.4. The molecule has 1 aliphatic rings. The molecule has 164 valence electrons. The summed E-state index contributed by atoms with van der Waals surface area (Å²) in [6, 6.07) is 18.8. The lowest BCUT2D eigenvalue weighted by molar-refractivity contribution is -0.383. The van der Waals surface area contributed by atoms with Gasteiger partial charge in [-0.3, -0.25) is 19.7 Å². The Morgan fingerprint density at radius 3 is 2.06 bits per heavy atom. The van der Waals surface area contributed by atoms with E-state index in [0.29, 0.717) is 11.0 Å². The average Bonchev–Trinajstić information content (AvgIpc) is 3.27. The van der Waals surface area contributed by atoms with E-state index in [4.69, 9.17) is 0 Å². The predicted molar refractivity (Wildman–Crippen MR) is 122 cm³/mol. The summed E-state index contributed by atoms with van der Waals surface area (Å²) in [7, 11) is 0. The van der Waals surface area contributed by atoms with Crippen molar-refractivity contribution in [2.75, 3.05) is 4.90 Å². The zero-order valence-corrected chi connectivity index (χ0v) is 17.2. The van der Waals surface area contributed by atoms with Gasteiger partial charge in [-0.05, 0) is 42.5 Å². The van der Waals surface area contributed by atoms with E-state index in [0.717, 1.165) is 4.90 Å². The van der Waals surface area contributed by atoms with Gasteiger partial charge in [-0.1, -0.05) is 24.3 Å². The van der Waals surface area contributed by atoms with Crippen LogP contribution in [0.4, 0.5) is 11.4 Å². The molecule has 4 aromatic carbocycles. The molecule has 0 bridgehead atoms. The van der Waals surface area contributed by atoms with Crippen molar-refractivity contribution in [2.45, 2.75) is 0 Å². The summed E-state index contributed by atoms with van der Waals surface area (Å²) in [6.45, 7) is 0. The number of benzene rings is 4. The number of imide groups is 1. The molecule has 34 heavy (non-hydrogen) atoms. The maximum absolute atomic E-state index is 13.4. The van der Waals surface area contributed by atoms with E-state index in [9.17, 15) is 24.8 Å². The second-order valence-electron chi connectivity index (χ2n) is 7.69. The Kier molecular flexibility index (Phi) is 3.99. The molecule has 0 saturated heterocycles. The van der Waals surface area contributed by atoms with Crippen molar-refractivity contribution in [2.24, 2.45) is 0 Å². The lowest BCUT2D eigenvalue weighted by Gasteiger charge is -2.28. The van der Waals surface area contributed by atoms with Gasteiger partial charge in [-0.25, -0.2) is 4.90 Å². The predicted octanol–water partition coefficient (Wildman–Crippen LogP) is 3.99. The van der Waals surface area contributed by atoms with E-state index >= 15 is 0 Å². The third-order valence-electron chi connectivity index (χ3n) is 5.82. The minimum Gasteiger partial charge on any atom is -0.504 e. The first kappa shape index (κ1) is 19.6. The monoisotopic (exact) mass is 451 g/mol. The highest BCUT2D eigenvalue weighted by atomic mass is 16.6. The Morgan fingerprint density at radius 1 is 0.765 bits per heavy atom. The second kappa shape index (κ2) is 6.94.